The zero-order valence-corrected chi connectivity index (χ0v) is 11.6. The molecule has 0 amide bonds. The van der Waals surface area contributed by atoms with Gasteiger partial charge in [-0.25, -0.2) is 4.98 Å². The van der Waals surface area contributed by atoms with Gasteiger partial charge in [-0.2, -0.15) is 0 Å². The summed E-state index contributed by atoms with van der Waals surface area (Å²) < 4.78 is 5.41. The van der Waals surface area contributed by atoms with Crippen molar-refractivity contribution in [3.05, 3.63) is 23.9 Å². The first kappa shape index (κ1) is 13.3. The number of nitrogens with zero attached hydrogens (tertiary/aromatic N) is 2. The van der Waals surface area contributed by atoms with Crippen LogP contribution in [0.25, 0.3) is 0 Å². The number of rotatable bonds is 5. The smallest absolute Gasteiger partial charge is 0.217 e. The van der Waals surface area contributed by atoms with Crippen molar-refractivity contribution in [2.45, 2.75) is 45.1 Å². The van der Waals surface area contributed by atoms with Crippen molar-refractivity contribution < 1.29 is 4.74 Å². The summed E-state index contributed by atoms with van der Waals surface area (Å²) in [6.07, 6.45) is 8.20. The second-order valence-corrected chi connectivity index (χ2v) is 5.00. The molecule has 1 saturated heterocycles. The van der Waals surface area contributed by atoms with E-state index in [1.165, 1.54) is 50.8 Å². The minimum Gasteiger partial charge on any atom is -0.481 e. The monoisotopic (exact) mass is 248 g/mol. The lowest BCUT2D eigenvalue weighted by molar-refractivity contribution is 0.143. The Kier molecular flexibility index (Phi) is 5.00. The Bertz CT molecular complexity index is 367. The van der Waals surface area contributed by atoms with E-state index in [1.54, 1.807) is 7.11 Å². The molecule has 18 heavy (non-hydrogen) atoms. The third kappa shape index (κ3) is 3.02. The zero-order chi connectivity index (χ0) is 12.8. The molecular formula is C15H24N2O. The van der Waals surface area contributed by atoms with E-state index in [0.717, 1.165) is 5.88 Å². The molecule has 0 aliphatic carbocycles. The van der Waals surface area contributed by atoms with Crippen molar-refractivity contribution in [1.29, 1.82) is 0 Å². The predicted molar refractivity (Wildman–Crippen MR) is 73.9 cm³/mol. The Morgan fingerprint density at radius 1 is 1.44 bits per heavy atom. The van der Waals surface area contributed by atoms with Crippen LogP contribution in [0.5, 0.6) is 5.88 Å². The first-order valence-electron chi connectivity index (χ1n) is 7.09. The van der Waals surface area contributed by atoms with Gasteiger partial charge in [-0.15, -0.1) is 0 Å². The second kappa shape index (κ2) is 6.74. The normalized spacial score (nSPS) is 20.9. The molecule has 2 heterocycles. The Morgan fingerprint density at radius 2 is 2.33 bits per heavy atom. The zero-order valence-electron chi connectivity index (χ0n) is 11.6. The van der Waals surface area contributed by atoms with Crippen LogP contribution in [0.3, 0.4) is 0 Å². The van der Waals surface area contributed by atoms with E-state index < -0.39 is 0 Å². The van der Waals surface area contributed by atoms with E-state index in [4.69, 9.17) is 4.74 Å². The molecule has 0 saturated carbocycles. The molecule has 0 aromatic carbocycles. The topological polar surface area (TPSA) is 25.4 Å². The molecule has 1 aliphatic rings. The third-order valence-electron chi connectivity index (χ3n) is 3.77. The number of aromatic nitrogens is 1. The van der Waals surface area contributed by atoms with Gasteiger partial charge in [0.2, 0.25) is 5.88 Å². The van der Waals surface area contributed by atoms with Crippen LogP contribution >= 0.6 is 0 Å². The lowest BCUT2D eigenvalue weighted by Crippen LogP contribution is -2.34. The van der Waals surface area contributed by atoms with Crippen molar-refractivity contribution >= 4 is 0 Å². The van der Waals surface area contributed by atoms with Crippen molar-refractivity contribution in [3.8, 4) is 5.88 Å². The predicted octanol–water partition coefficient (Wildman–Crippen LogP) is 3.42. The van der Waals surface area contributed by atoms with E-state index in [1.807, 2.05) is 12.3 Å². The molecule has 0 unspecified atom stereocenters. The first-order valence-corrected chi connectivity index (χ1v) is 7.09. The number of piperidine rings is 1. The minimum atomic E-state index is 0.494. The van der Waals surface area contributed by atoms with Gasteiger partial charge in [0.1, 0.15) is 0 Å². The van der Waals surface area contributed by atoms with Gasteiger partial charge in [0.05, 0.1) is 7.11 Å². The maximum absolute atomic E-state index is 5.41. The van der Waals surface area contributed by atoms with Gasteiger partial charge in [0, 0.05) is 17.8 Å². The average Bonchev–Trinajstić information content (AvgIpc) is 2.45. The summed E-state index contributed by atoms with van der Waals surface area (Å²) in [7, 11) is 1.71. The number of hydrogen-bond donors (Lipinski definition) is 0. The van der Waals surface area contributed by atoms with Gasteiger partial charge in [0.15, 0.2) is 0 Å². The van der Waals surface area contributed by atoms with Crippen LogP contribution in [-0.2, 0) is 0 Å². The summed E-state index contributed by atoms with van der Waals surface area (Å²) in [5.74, 6) is 0.797. The molecule has 1 aromatic rings. The summed E-state index contributed by atoms with van der Waals surface area (Å²) in [6.45, 7) is 4.66. The molecule has 1 aromatic heterocycles. The SMILES string of the molecule is CCCCN1CCCC[C@H]1c1cccnc1OC. The molecule has 0 radical (unpaired) electrons. The van der Waals surface area contributed by atoms with Crippen LogP contribution in [-0.4, -0.2) is 30.1 Å². The number of unbranched alkanes of at least 4 members (excludes halogenated alkanes) is 1. The molecule has 3 heteroatoms. The van der Waals surface area contributed by atoms with E-state index >= 15 is 0 Å². The number of likely N-dealkylation sites (tertiary alicyclic amines) is 1. The molecule has 100 valence electrons. The van der Waals surface area contributed by atoms with E-state index in [9.17, 15) is 0 Å². The molecule has 2 rings (SSSR count). The largest absolute Gasteiger partial charge is 0.481 e. The highest BCUT2D eigenvalue weighted by Crippen LogP contribution is 2.34. The van der Waals surface area contributed by atoms with E-state index in [2.05, 4.69) is 22.9 Å². The van der Waals surface area contributed by atoms with Crippen LogP contribution in [0.2, 0.25) is 0 Å². The lowest BCUT2D eigenvalue weighted by Gasteiger charge is -2.36. The van der Waals surface area contributed by atoms with Gasteiger partial charge in [-0.3, -0.25) is 4.90 Å². The summed E-state index contributed by atoms with van der Waals surface area (Å²) in [6, 6.07) is 4.68. The minimum absolute atomic E-state index is 0.494. The Balaban J connectivity index is 2.16. The Hall–Kier alpha value is -1.09. The summed E-state index contributed by atoms with van der Waals surface area (Å²) in [5.41, 5.74) is 1.26. The van der Waals surface area contributed by atoms with Gasteiger partial charge < -0.3 is 4.74 Å². The van der Waals surface area contributed by atoms with Crippen LogP contribution in [0.1, 0.15) is 50.6 Å². The molecule has 1 fully saturated rings. The van der Waals surface area contributed by atoms with Gasteiger partial charge in [0.25, 0.3) is 0 Å². The van der Waals surface area contributed by atoms with Crippen molar-refractivity contribution in [3.63, 3.8) is 0 Å². The molecule has 0 N–H and O–H groups in total. The Morgan fingerprint density at radius 3 is 3.11 bits per heavy atom. The summed E-state index contributed by atoms with van der Waals surface area (Å²) in [5, 5.41) is 0. The maximum atomic E-state index is 5.41. The fourth-order valence-corrected chi connectivity index (χ4v) is 2.80. The van der Waals surface area contributed by atoms with Crippen LogP contribution in [0.15, 0.2) is 18.3 Å². The number of methoxy groups -OCH3 is 1. The molecule has 0 bridgehead atoms. The fourth-order valence-electron chi connectivity index (χ4n) is 2.80. The lowest BCUT2D eigenvalue weighted by atomic mass is 9.95. The van der Waals surface area contributed by atoms with Gasteiger partial charge in [-0.1, -0.05) is 25.8 Å². The summed E-state index contributed by atoms with van der Waals surface area (Å²) in [4.78, 5) is 6.94. The van der Waals surface area contributed by atoms with Gasteiger partial charge in [-0.05, 0) is 38.4 Å². The highest BCUT2D eigenvalue weighted by atomic mass is 16.5. The number of ether oxygens (including phenoxy) is 1. The maximum Gasteiger partial charge on any atom is 0.217 e. The Labute approximate surface area is 110 Å². The summed E-state index contributed by atoms with van der Waals surface area (Å²) >= 11 is 0. The van der Waals surface area contributed by atoms with Crippen molar-refractivity contribution in [2.24, 2.45) is 0 Å². The highest BCUT2D eigenvalue weighted by Gasteiger charge is 2.26. The van der Waals surface area contributed by atoms with Crippen LogP contribution in [0.4, 0.5) is 0 Å². The van der Waals surface area contributed by atoms with Crippen LogP contribution < -0.4 is 4.74 Å². The highest BCUT2D eigenvalue weighted by molar-refractivity contribution is 5.29. The van der Waals surface area contributed by atoms with Crippen molar-refractivity contribution in [2.75, 3.05) is 20.2 Å². The third-order valence-corrected chi connectivity index (χ3v) is 3.77. The van der Waals surface area contributed by atoms with Crippen molar-refractivity contribution in [1.82, 2.24) is 9.88 Å². The molecular weight excluding hydrogens is 224 g/mol. The molecule has 3 nitrogen and oxygen atoms in total. The second-order valence-electron chi connectivity index (χ2n) is 5.00. The number of pyridine rings is 1. The van der Waals surface area contributed by atoms with Gasteiger partial charge >= 0.3 is 0 Å². The van der Waals surface area contributed by atoms with E-state index in [-0.39, 0.29) is 0 Å². The van der Waals surface area contributed by atoms with Crippen LogP contribution in [0, 0.1) is 0 Å². The van der Waals surface area contributed by atoms with E-state index in [0.29, 0.717) is 6.04 Å². The molecule has 0 spiro atoms. The standard InChI is InChI=1S/C15H24N2O/c1-3-4-11-17-12-6-5-9-14(17)13-8-7-10-16-15(13)18-2/h7-8,10,14H,3-6,9,11-12H2,1-2H3/t14-/m0/s1. The number of hydrogen-bond acceptors (Lipinski definition) is 3. The average molecular weight is 248 g/mol. The molecule has 1 aliphatic heterocycles. The quantitative estimate of drug-likeness (QED) is 0.798. The first-order chi connectivity index (χ1) is 8.86. The molecule has 1 atom stereocenters. The fraction of sp³-hybridized carbons (Fsp3) is 0.667.